The lowest BCUT2D eigenvalue weighted by atomic mass is 9.85. The van der Waals surface area contributed by atoms with Crippen LogP contribution in [-0.2, 0) is 25.2 Å². The zero-order valence-corrected chi connectivity index (χ0v) is 26.3. The normalized spacial score (nSPS) is 18.0. The van der Waals surface area contributed by atoms with Crippen molar-refractivity contribution in [2.24, 2.45) is 0 Å². The summed E-state index contributed by atoms with van der Waals surface area (Å²) in [6.07, 6.45) is 0.885. The van der Waals surface area contributed by atoms with Gasteiger partial charge in [0.15, 0.2) is 5.13 Å². The zero-order chi connectivity index (χ0) is 31.8. The van der Waals surface area contributed by atoms with Crippen LogP contribution in [0.3, 0.4) is 0 Å². The van der Waals surface area contributed by atoms with Crippen molar-refractivity contribution < 1.29 is 27.5 Å². The monoisotopic (exact) mass is 663 g/mol. The van der Waals surface area contributed by atoms with E-state index in [1.807, 2.05) is 16.3 Å². The molecule has 2 aliphatic rings. The lowest BCUT2D eigenvalue weighted by Crippen LogP contribution is -2.53. The molecule has 0 bridgehead atoms. The van der Waals surface area contributed by atoms with Crippen LogP contribution in [0.25, 0.3) is 0 Å². The molecule has 4 aromatic rings. The first-order valence-corrected chi connectivity index (χ1v) is 16.6. The molecule has 0 aliphatic carbocycles. The number of anilines is 2. The molecule has 3 aromatic carbocycles. The van der Waals surface area contributed by atoms with Gasteiger partial charge in [-0.2, -0.15) is 9.57 Å². The summed E-state index contributed by atoms with van der Waals surface area (Å²) in [7, 11) is -4.55. The molecular weight excluding hydrogens is 638 g/mol. The number of nitriles is 1. The molecule has 6 rings (SSSR count). The Kier molecular flexibility index (Phi) is 8.13. The molecule has 14 heteroatoms. The molecule has 2 amide bonds. The third-order valence-electron chi connectivity index (χ3n) is 7.60. The Hall–Kier alpha value is -4.64. The number of fused-ring (bicyclic) bond motifs is 1. The first-order chi connectivity index (χ1) is 21.7. The molecule has 230 valence electrons. The van der Waals surface area contributed by atoms with Crippen molar-refractivity contribution in [3.05, 3.63) is 100 Å². The SMILES string of the molecule is CCOc1ccccc1C1(OC(=O)N2CCN(c3nccs3)CC2)C(=O)N(S(=O)(=O)c2ccc(Cl)cc2)c2ccc(C#N)cc21. The largest absolute Gasteiger partial charge is 0.493 e. The van der Waals surface area contributed by atoms with Crippen LogP contribution < -0.4 is 13.9 Å². The molecule has 1 aromatic heterocycles. The van der Waals surface area contributed by atoms with Crippen LogP contribution in [0.2, 0.25) is 5.02 Å². The lowest BCUT2D eigenvalue weighted by Gasteiger charge is -2.37. The molecule has 3 heterocycles. The minimum Gasteiger partial charge on any atom is -0.493 e. The number of piperazine rings is 1. The average Bonchev–Trinajstić information content (AvgIpc) is 3.67. The third-order valence-corrected chi connectivity index (χ3v) is 10.4. The van der Waals surface area contributed by atoms with Crippen molar-refractivity contribution in [1.29, 1.82) is 5.26 Å². The molecule has 11 nitrogen and oxygen atoms in total. The number of hydrogen-bond donors (Lipinski definition) is 0. The number of hydrogen-bond acceptors (Lipinski definition) is 10. The number of halogens is 1. The van der Waals surface area contributed by atoms with E-state index in [1.165, 1.54) is 58.7 Å². The number of nitrogens with zero attached hydrogens (tertiary/aromatic N) is 5. The van der Waals surface area contributed by atoms with Crippen molar-refractivity contribution in [2.75, 3.05) is 42.0 Å². The second-order valence-corrected chi connectivity index (χ2v) is 13.2. The summed E-state index contributed by atoms with van der Waals surface area (Å²) in [5, 5.41) is 12.8. The number of para-hydroxylation sites is 1. The number of benzene rings is 3. The number of aromatic nitrogens is 1. The van der Waals surface area contributed by atoms with Crippen molar-refractivity contribution in [1.82, 2.24) is 9.88 Å². The quantitative estimate of drug-likeness (QED) is 0.268. The van der Waals surface area contributed by atoms with E-state index < -0.39 is 27.6 Å². The minimum absolute atomic E-state index is 0.0195. The van der Waals surface area contributed by atoms with E-state index >= 15 is 0 Å². The Morgan fingerprint density at radius 3 is 2.47 bits per heavy atom. The van der Waals surface area contributed by atoms with E-state index in [4.69, 9.17) is 21.1 Å². The Morgan fingerprint density at radius 2 is 1.80 bits per heavy atom. The number of carbonyl (C=O) groups is 2. The van der Waals surface area contributed by atoms with Crippen LogP contribution in [0.1, 0.15) is 23.6 Å². The molecule has 45 heavy (non-hydrogen) atoms. The highest BCUT2D eigenvalue weighted by molar-refractivity contribution is 7.93. The number of carbonyl (C=O) groups excluding carboxylic acids is 2. The Morgan fingerprint density at radius 1 is 1.07 bits per heavy atom. The number of amides is 2. The molecule has 0 radical (unpaired) electrons. The highest BCUT2D eigenvalue weighted by Crippen LogP contribution is 2.52. The molecule has 1 atom stereocenters. The lowest BCUT2D eigenvalue weighted by molar-refractivity contribution is -0.132. The molecule has 0 N–H and O–H groups in total. The molecule has 1 unspecified atom stereocenters. The maximum Gasteiger partial charge on any atom is 0.411 e. The van der Waals surface area contributed by atoms with Crippen LogP contribution >= 0.6 is 22.9 Å². The van der Waals surface area contributed by atoms with Crippen LogP contribution in [0, 0.1) is 11.3 Å². The Bertz CT molecular complexity index is 1910. The molecular formula is C31H26ClN5O6S2. The fourth-order valence-electron chi connectivity index (χ4n) is 5.48. The molecule has 2 aliphatic heterocycles. The highest BCUT2D eigenvalue weighted by atomic mass is 35.5. The van der Waals surface area contributed by atoms with Gasteiger partial charge in [-0.1, -0.05) is 29.8 Å². The van der Waals surface area contributed by atoms with E-state index in [0.29, 0.717) is 22.4 Å². The van der Waals surface area contributed by atoms with Crippen LogP contribution in [0.15, 0.2) is 83.2 Å². The maximum atomic E-state index is 14.8. The fraction of sp³-hybridized carbons (Fsp3) is 0.226. The smallest absolute Gasteiger partial charge is 0.411 e. The fourth-order valence-corrected chi connectivity index (χ4v) is 7.76. The van der Waals surface area contributed by atoms with Gasteiger partial charge >= 0.3 is 6.09 Å². The minimum atomic E-state index is -4.55. The van der Waals surface area contributed by atoms with Crippen LogP contribution in [0.4, 0.5) is 15.6 Å². The van der Waals surface area contributed by atoms with Crippen molar-refractivity contribution >= 4 is 55.8 Å². The topological polar surface area (TPSA) is 133 Å². The van der Waals surface area contributed by atoms with Crippen molar-refractivity contribution in [2.45, 2.75) is 17.4 Å². The van der Waals surface area contributed by atoms with E-state index in [1.54, 1.807) is 37.4 Å². The second-order valence-electron chi connectivity index (χ2n) is 10.1. The number of ether oxygens (including phenoxy) is 2. The summed E-state index contributed by atoms with van der Waals surface area (Å²) in [4.78, 5) is 36.5. The summed E-state index contributed by atoms with van der Waals surface area (Å²) in [5.41, 5.74) is -2.08. The van der Waals surface area contributed by atoms with Gasteiger partial charge in [0.1, 0.15) is 5.75 Å². The van der Waals surface area contributed by atoms with E-state index in [-0.39, 0.29) is 52.7 Å². The van der Waals surface area contributed by atoms with Gasteiger partial charge < -0.3 is 19.3 Å². The number of sulfonamides is 1. The second kappa shape index (κ2) is 12.0. The predicted octanol–water partition coefficient (Wildman–Crippen LogP) is 5.00. The van der Waals surface area contributed by atoms with Crippen molar-refractivity contribution in [3.8, 4) is 11.8 Å². The van der Waals surface area contributed by atoms with Gasteiger partial charge in [-0.15, -0.1) is 11.3 Å². The number of rotatable bonds is 7. The Labute approximate surface area is 268 Å². The highest BCUT2D eigenvalue weighted by Gasteiger charge is 2.61. The summed E-state index contributed by atoms with van der Waals surface area (Å²) in [5.74, 6) is -0.835. The van der Waals surface area contributed by atoms with Crippen molar-refractivity contribution in [3.63, 3.8) is 0 Å². The first kappa shape index (κ1) is 30.4. The molecule has 0 spiro atoms. The van der Waals surface area contributed by atoms with Gasteiger partial charge in [-0.25, -0.2) is 18.2 Å². The third kappa shape index (κ3) is 5.24. The summed E-state index contributed by atoms with van der Waals surface area (Å²) in [6, 6.07) is 18.1. The summed E-state index contributed by atoms with van der Waals surface area (Å²) < 4.78 is 41.0. The van der Waals surface area contributed by atoms with Gasteiger partial charge in [0, 0.05) is 48.3 Å². The van der Waals surface area contributed by atoms with Gasteiger partial charge in [0.25, 0.3) is 15.9 Å². The first-order valence-electron chi connectivity index (χ1n) is 14.0. The maximum absolute atomic E-state index is 14.8. The van der Waals surface area contributed by atoms with E-state index in [2.05, 4.69) is 4.98 Å². The van der Waals surface area contributed by atoms with E-state index in [9.17, 15) is 23.3 Å². The summed E-state index contributed by atoms with van der Waals surface area (Å²) >= 11 is 7.51. The van der Waals surface area contributed by atoms with Gasteiger partial charge in [0.2, 0.25) is 5.60 Å². The summed E-state index contributed by atoms with van der Waals surface area (Å²) in [6.45, 7) is 3.47. The van der Waals surface area contributed by atoms with Crippen LogP contribution in [-0.4, -0.2) is 63.1 Å². The van der Waals surface area contributed by atoms with Crippen LogP contribution in [0.5, 0.6) is 5.75 Å². The van der Waals surface area contributed by atoms with E-state index in [0.717, 1.165) is 5.13 Å². The zero-order valence-electron chi connectivity index (χ0n) is 23.9. The van der Waals surface area contributed by atoms with Gasteiger partial charge in [0.05, 0.1) is 34.4 Å². The standard InChI is InChI=1S/C31H26ClN5O6S2/c1-2-42-27-6-4-3-5-24(27)31(43-30(39)36-16-14-35(15-17-36)29-34-13-18-44-29)25-19-21(20-33)7-12-26(25)37(28(31)38)45(40,41)23-10-8-22(32)9-11-23/h3-13,18-19H,2,14-17H2,1H3. The van der Waals surface area contributed by atoms with Gasteiger partial charge in [-0.3, -0.25) is 4.79 Å². The van der Waals surface area contributed by atoms with Gasteiger partial charge in [-0.05, 0) is 55.5 Å². The number of thiazole rings is 1. The molecule has 1 saturated heterocycles. The average molecular weight is 664 g/mol. The molecule has 0 saturated carbocycles. The molecule has 1 fully saturated rings. The predicted molar refractivity (Wildman–Crippen MR) is 168 cm³/mol. The Balaban J connectivity index is 1.49.